The molecule has 3 aromatic carbocycles. The number of imidazole rings is 1. The van der Waals surface area contributed by atoms with Gasteiger partial charge in [0, 0.05) is 5.56 Å². The van der Waals surface area contributed by atoms with Crippen molar-refractivity contribution in [1.29, 1.82) is 0 Å². The van der Waals surface area contributed by atoms with Gasteiger partial charge < -0.3 is 15.0 Å². The second-order valence-corrected chi connectivity index (χ2v) is 6.74. The molecule has 0 aliphatic carbocycles. The third-order valence-electron chi connectivity index (χ3n) is 4.79. The van der Waals surface area contributed by atoms with Gasteiger partial charge in [-0.1, -0.05) is 42.5 Å². The van der Waals surface area contributed by atoms with Crippen LogP contribution in [-0.2, 0) is 13.1 Å². The average molecular weight is 389 g/mol. The van der Waals surface area contributed by atoms with Gasteiger partial charge in [0.15, 0.2) is 0 Å². The first-order valence-electron chi connectivity index (χ1n) is 9.33. The van der Waals surface area contributed by atoms with Crippen LogP contribution in [0.2, 0.25) is 0 Å². The number of carbonyl (C=O) groups is 1. The number of benzene rings is 3. The van der Waals surface area contributed by atoms with Crippen molar-refractivity contribution in [3.8, 4) is 0 Å². The number of aliphatic hydroxyl groups is 1. The van der Waals surface area contributed by atoms with Gasteiger partial charge in [0.2, 0.25) is 0 Å². The van der Waals surface area contributed by atoms with Crippen molar-refractivity contribution in [3.05, 3.63) is 102 Å². The first kappa shape index (κ1) is 18.8. The van der Waals surface area contributed by atoms with Crippen LogP contribution in [-0.4, -0.2) is 20.6 Å². The molecule has 1 amide bonds. The SMILES string of the molecule is O=C(NCc1nc2ccccc2n1C[C@H](O)c1ccc(F)cc1)c1ccccc1. The van der Waals surface area contributed by atoms with Gasteiger partial charge in [-0.2, -0.15) is 0 Å². The molecule has 1 atom stereocenters. The number of fused-ring (bicyclic) bond motifs is 1. The van der Waals surface area contributed by atoms with Crippen LogP contribution >= 0.6 is 0 Å². The lowest BCUT2D eigenvalue weighted by Gasteiger charge is -2.15. The molecule has 1 aromatic heterocycles. The molecule has 0 saturated heterocycles. The zero-order chi connectivity index (χ0) is 20.2. The fourth-order valence-electron chi connectivity index (χ4n) is 3.28. The molecule has 4 aromatic rings. The summed E-state index contributed by atoms with van der Waals surface area (Å²) >= 11 is 0. The lowest BCUT2D eigenvalue weighted by molar-refractivity contribution is 0.0949. The zero-order valence-electron chi connectivity index (χ0n) is 15.6. The summed E-state index contributed by atoms with van der Waals surface area (Å²) in [5, 5.41) is 13.5. The quantitative estimate of drug-likeness (QED) is 0.527. The van der Waals surface area contributed by atoms with Crippen molar-refractivity contribution in [2.75, 3.05) is 0 Å². The number of aromatic nitrogens is 2. The van der Waals surface area contributed by atoms with Crippen LogP contribution < -0.4 is 5.32 Å². The molecule has 0 fully saturated rings. The Morgan fingerprint density at radius 1 is 1.00 bits per heavy atom. The highest BCUT2D eigenvalue weighted by atomic mass is 19.1. The highest BCUT2D eigenvalue weighted by Crippen LogP contribution is 2.22. The third-order valence-corrected chi connectivity index (χ3v) is 4.79. The minimum absolute atomic E-state index is 0.191. The summed E-state index contributed by atoms with van der Waals surface area (Å²) in [6.45, 7) is 0.460. The van der Waals surface area contributed by atoms with Crippen molar-refractivity contribution in [2.24, 2.45) is 0 Å². The number of halogens is 1. The molecule has 29 heavy (non-hydrogen) atoms. The maximum atomic E-state index is 13.2. The molecule has 146 valence electrons. The van der Waals surface area contributed by atoms with Crippen LogP contribution in [0.3, 0.4) is 0 Å². The summed E-state index contributed by atoms with van der Waals surface area (Å²) in [5.41, 5.74) is 2.82. The predicted octanol–water partition coefficient (Wildman–Crippen LogP) is 3.84. The van der Waals surface area contributed by atoms with E-state index in [1.54, 1.807) is 24.3 Å². The van der Waals surface area contributed by atoms with Gasteiger partial charge in [-0.25, -0.2) is 9.37 Å². The van der Waals surface area contributed by atoms with E-state index in [-0.39, 0.29) is 24.8 Å². The predicted molar refractivity (Wildman–Crippen MR) is 109 cm³/mol. The third kappa shape index (κ3) is 4.17. The lowest BCUT2D eigenvalue weighted by Crippen LogP contribution is -2.25. The van der Waals surface area contributed by atoms with E-state index in [4.69, 9.17) is 0 Å². The molecule has 4 rings (SSSR count). The van der Waals surface area contributed by atoms with Gasteiger partial charge in [-0.15, -0.1) is 0 Å². The molecule has 0 unspecified atom stereocenters. The van der Waals surface area contributed by atoms with E-state index in [1.807, 2.05) is 47.0 Å². The van der Waals surface area contributed by atoms with Crippen molar-refractivity contribution >= 4 is 16.9 Å². The van der Waals surface area contributed by atoms with E-state index in [9.17, 15) is 14.3 Å². The van der Waals surface area contributed by atoms with E-state index in [1.165, 1.54) is 12.1 Å². The second kappa shape index (κ2) is 8.24. The van der Waals surface area contributed by atoms with Crippen molar-refractivity contribution in [2.45, 2.75) is 19.2 Å². The summed E-state index contributed by atoms with van der Waals surface area (Å²) < 4.78 is 15.1. The Labute approximate surface area is 167 Å². The Bertz CT molecular complexity index is 1120. The highest BCUT2D eigenvalue weighted by Gasteiger charge is 2.16. The van der Waals surface area contributed by atoms with Crippen molar-refractivity contribution in [1.82, 2.24) is 14.9 Å². The summed E-state index contributed by atoms with van der Waals surface area (Å²) in [4.78, 5) is 17.0. The van der Waals surface area contributed by atoms with Crippen LogP contribution in [0, 0.1) is 5.82 Å². The summed E-state index contributed by atoms with van der Waals surface area (Å²) in [7, 11) is 0. The molecule has 0 radical (unpaired) electrons. The van der Waals surface area contributed by atoms with E-state index in [0.717, 1.165) is 11.0 Å². The molecule has 0 spiro atoms. The largest absolute Gasteiger partial charge is 0.387 e. The number of rotatable bonds is 6. The maximum Gasteiger partial charge on any atom is 0.251 e. The molecule has 0 bridgehead atoms. The Balaban J connectivity index is 1.59. The second-order valence-electron chi connectivity index (χ2n) is 6.74. The van der Waals surface area contributed by atoms with Crippen LogP contribution in [0.1, 0.15) is 27.8 Å². The van der Waals surface area contributed by atoms with Crippen LogP contribution in [0.15, 0.2) is 78.9 Å². The molecular weight excluding hydrogens is 369 g/mol. The Kier molecular flexibility index (Phi) is 5.35. The Hall–Kier alpha value is -3.51. The van der Waals surface area contributed by atoms with Gasteiger partial charge in [0.05, 0.1) is 30.2 Å². The van der Waals surface area contributed by atoms with Crippen LogP contribution in [0.25, 0.3) is 11.0 Å². The number of nitrogens with one attached hydrogen (secondary N) is 1. The van der Waals surface area contributed by atoms with E-state index < -0.39 is 6.10 Å². The number of hydrogen-bond donors (Lipinski definition) is 2. The number of aliphatic hydroxyl groups excluding tert-OH is 1. The average Bonchev–Trinajstić information content (AvgIpc) is 3.10. The molecule has 5 nitrogen and oxygen atoms in total. The topological polar surface area (TPSA) is 67.2 Å². The normalized spacial score (nSPS) is 12.1. The molecule has 2 N–H and O–H groups in total. The molecular formula is C23H20FN3O2. The minimum Gasteiger partial charge on any atom is -0.387 e. The maximum absolute atomic E-state index is 13.2. The first-order valence-corrected chi connectivity index (χ1v) is 9.33. The van der Waals surface area contributed by atoms with Crippen molar-refractivity contribution in [3.63, 3.8) is 0 Å². The van der Waals surface area contributed by atoms with Gasteiger partial charge >= 0.3 is 0 Å². The van der Waals surface area contributed by atoms with E-state index in [2.05, 4.69) is 10.3 Å². The van der Waals surface area contributed by atoms with Crippen molar-refractivity contribution < 1.29 is 14.3 Å². The minimum atomic E-state index is -0.836. The Morgan fingerprint density at radius 2 is 1.69 bits per heavy atom. The highest BCUT2D eigenvalue weighted by molar-refractivity contribution is 5.94. The summed E-state index contributed by atoms with van der Waals surface area (Å²) in [6.07, 6.45) is -0.836. The molecule has 0 saturated carbocycles. The molecule has 1 heterocycles. The Morgan fingerprint density at radius 3 is 2.45 bits per heavy atom. The summed E-state index contributed by atoms with van der Waals surface area (Å²) in [6, 6.07) is 22.3. The van der Waals surface area contributed by atoms with Crippen LogP contribution in [0.4, 0.5) is 4.39 Å². The lowest BCUT2D eigenvalue weighted by atomic mass is 10.1. The number of carbonyl (C=O) groups excluding carboxylic acids is 1. The summed E-state index contributed by atoms with van der Waals surface area (Å²) in [5.74, 6) is 0.0956. The van der Waals surface area contributed by atoms with Gasteiger partial charge in [-0.05, 0) is 42.0 Å². The number of nitrogens with zero attached hydrogens (tertiary/aromatic N) is 2. The van der Waals surface area contributed by atoms with E-state index in [0.29, 0.717) is 17.0 Å². The fraction of sp³-hybridized carbons (Fsp3) is 0.130. The fourth-order valence-corrected chi connectivity index (χ4v) is 3.28. The molecule has 0 aliphatic rings. The monoisotopic (exact) mass is 389 g/mol. The number of para-hydroxylation sites is 2. The van der Waals surface area contributed by atoms with Crippen LogP contribution in [0.5, 0.6) is 0 Å². The zero-order valence-corrected chi connectivity index (χ0v) is 15.6. The van der Waals surface area contributed by atoms with Gasteiger partial charge in [-0.3, -0.25) is 4.79 Å². The number of hydrogen-bond acceptors (Lipinski definition) is 3. The smallest absolute Gasteiger partial charge is 0.251 e. The van der Waals surface area contributed by atoms with Gasteiger partial charge in [0.25, 0.3) is 5.91 Å². The number of amides is 1. The van der Waals surface area contributed by atoms with E-state index >= 15 is 0 Å². The first-order chi connectivity index (χ1) is 14.1. The standard InChI is InChI=1S/C23H20FN3O2/c24-18-12-10-16(11-13-18)21(28)15-27-20-9-5-4-8-19(20)26-22(27)14-25-23(29)17-6-2-1-3-7-17/h1-13,21,28H,14-15H2,(H,25,29)/t21-/m0/s1. The van der Waals surface area contributed by atoms with Gasteiger partial charge in [0.1, 0.15) is 11.6 Å². The molecule has 6 heteroatoms. The molecule has 0 aliphatic heterocycles.